The van der Waals surface area contributed by atoms with Crippen LogP contribution in [-0.4, -0.2) is 39.8 Å². The molecule has 35 heavy (non-hydrogen) atoms. The Morgan fingerprint density at radius 1 is 1.14 bits per heavy atom. The van der Waals surface area contributed by atoms with Gasteiger partial charge >= 0.3 is 0 Å². The van der Waals surface area contributed by atoms with Crippen molar-refractivity contribution < 1.29 is 18.7 Å². The molecular formula is C27H26ClN3O4. The summed E-state index contributed by atoms with van der Waals surface area (Å²) in [6.45, 7) is 3.38. The molecule has 1 amide bonds. The standard InChI is InChI=1S/C27H26ClN3O4/c1-19-24(18-30(17-23-9-5-15-33-23)26(32)25-10-6-16-34-25)27(35-22-13-11-20(28)12-14-22)31(29-19)21-7-3-2-4-8-21/h2-4,6-8,10-14,16,23H,5,9,15,17-18H2,1H3/t23-/m1/s1. The number of benzene rings is 2. The molecule has 0 radical (unpaired) electrons. The number of rotatable bonds is 8. The highest BCUT2D eigenvalue weighted by Crippen LogP contribution is 2.33. The van der Waals surface area contributed by atoms with E-state index in [0.29, 0.717) is 36.3 Å². The first kappa shape index (κ1) is 23.2. The molecule has 0 spiro atoms. The third-order valence-electron chi connectivity index (χ3n) is 5.98. The Kier molecular flexibility index (Phi) is 6.88. The molecule has 2 aromatic heterocycles. The summed E-state index contributed by atoms with van der Waals surface area (Å²) < 4.78 is 19.4. The Balaban J connectivity index is 1.53. The molecule has 1 aliphatic heterocycles. The van der Waals surface area contributed by atoms with Crippen molar-refractivity contribution in [2.75, 3.05) is 13.2 Å². The maximum Gasteiger partial charge on any atom is 0.289 e. The zero-order valence-corrected chi connectivity index (χ0v) is 20.1. The molecule has 5 rings (SSSR count). The molecule has 4 aromatic rings. The van der Waals surface area contributed by atoms with Gasteiger partial charge in [-0.25, -0.2) is 4.68 Å². The Labute approximate surface area is 208 Å². The van der Waals surface area contributed by atoms with E-state index in [-0.39, 0.29) is 17.8 Å². The number of carbonyl (C=O) groups is 1. The number of aromatic nitrogens is 2. The van der Waals surface area contributed by atoms with Crippen molar-refractivity contribution >= 4 is 17.5 Å². The number of aryl methyl sites for hydroxylation is 1. The molecule has 0 saturated carbocycles. The Morgan fingerprint density at radius 2 is 1.94 bits per heavy atom. The first-order valence-electron chi connectivity index (χ1n) is 11.6. The van der Waals surface area contributed by atoms with Crippen LogP contribution in [0.3, 0.4) is 0 Å². The summed E-state index contributed by atoms with van der Waals surface area (Å²) in [6, 6.07) is 20.3. The minimum atomic E-state index is -0.199. The normalized spacial score (nSPS) is 15.3. The number of furan rings is 1. The van der Waals surface area contributed by atoms with Gasteiger partial charge in [0.05, 0.1) is 35.9 Å². The molecule has 180 valence electrons. The largest absolute Gasteiger partial charge is 0.459 e. The van der Waals surface area contributed by atoms with Crippen LogP contribution < -0.4 is 4.74 Å². The average molecular weight is 492 g/mol. The van der Waals surface area contributed by atoms with Crippen molar-refractivity contribution in [3.8, 4) is 17.3 Å². The smallest absolute Gasteiger partial charge is 0.289 e. The number of halogens is 1. The predicted octanol–water partition coefficient (Wildman–Crippen LogP) is 6.04. The first-order valence-corrected chi connectivity index (χ1v) is 12.0. The summed E-state index contributed by atoms with van der Waals surface area (Å²) in [4.78, 5) is 15.1. The fourth-order valence-corrected chi connectivity index (χ4v) is 4.31. The molecule has 1 aliphatic rings. The lowest BCUT2D eigenvalue weighted by molar-refractivity contribution is 0.0482. The Bertz CT molecular complexity index is 1260. The van der Waals surface area contributed by atoms with Crippen LogP contribution in [0.1, 0.15) is 34.7 Å². The maximum absolute atomic E-state index is 13.4. The van der Waals surface area contributed by atoms with Gasteiger partial charge in [0, 0.05) is 18.2 Å². The number of nitrogens with zero attached hydrogens (tertiary/aromatic N) is 3. The monoisotopic (exact) mass is 491 g/mol. The van der Waals surface area contributed by atoms with Crippen LogP contribution in [0.2, 0.25) is 5.02 Å². The van der Waals surface area contributed by atoms with Crippen LogP contribution in [0.5, 0.6) is 11.6 Å². The lowest BCUT2D eigenvalue weighted by atomic mass is 10.1. The molecule has 0 aliphatic carbocycles. The van der Waals surface area contributed by atoms with Crippen molar-refractivity contribution in [1.82, 2.24) is 14.7 Å². The number of hydrogen-bond acceptors (Lipinski definition) is 5. The molecule has 8 heteroatoms. The highest BCUT2D eigenvalue weighted by atomic mass is 35.5. The highest BCUT2D eigenvalue weighted by molar-refractivity contribution is 6.30. The van der Waals surface area contributed by atoms with Gasteiger partial charge < -0.3 is 18.8 Å². The van der Waals surface area contributed by atoms with Gasteiger partial charge in [-0.3, -0.25) is 4.79 Å². The minimum Gasteiger partial charge on any atom is -0.459 e. The molecule has 0 N–H and O–H groups in total. The van der Waals surface area contributed by atoms with E-state index in [4.69, 9.17) is 30.6 Å². The maximum atomic E-state index is 13.4. The molecule has 1 saturated heterocycles. The topological polar surface area (TPSA) is 69.7 Å². The number of para-hydroxylation sites is 1. The highest BCUT2D eigenvalue weighted by Gasteiger charge is 2.28. The lowest BCUT2D eigenvalue weighted by Gasteiger charge is -2.25. The molecule has 7 nitrogen and oxygen atoms in total. The number of ether oxygens (including phenoxy) is 2. The van der Waals surface area contributed by atoms with Gasteiger partial charge in [0.2, 0.25) is 5.88 Å². The summed E-state index contributed by atoms with van der Waals surface area (Å²) in [6.07, 6.45) is 3.39. The number of hydrogen-bond donors (Lipinski definition) is 0. The van der Waals surface area contributed by atoms with Crippen molar-refractivity contribution in [3.63, 3.8) is 0 Å². The summed E-state index contributed by atoms with van der Waals surface area (Å²) in [5.41, 5.74) is 2.43. The molecule has 3 heterocycles. The second-order valence-corrected chi connectivity index (χ2v) is 8.91. The van der Waals surface area contributed by atoms with Crippen molar-refractivity contribution in [3.05, 3.63) is 95.0 Å². The van der Waals surface area contributed by atoms with Crippen LogP contribution in [0, 0.1) is 6.92 Å². The van der Waals surface area contributed by atoms with E-state index in [9.17, 15) is 4.79 Å². The Morgan fingerprint density at radius 3 is 2.63 bits per heavy atom. The fraction of sp³-hybridized carbons (Fsp3) is 0.259. The number of amides is 1. The number of carbonyl (C=O) groups excluding carboxylic acids is 1. The first-order chi connectivity index (χ1) is 17.1. The van der Waals surface area contributed by atoms with Gasteiger partial charge in [0.15, 0.2) is 5.76 Å². The molecule has 0 unspecified atom stereocenters. The zero-order valence-electron chi connectivity index (χ0n) is 19.4. The second-order valence-electron chi connectivity index (χ2n) is 8.47. The van der Waals surface area contributed by atoms with E-state index >= 15 is 0 Å². The quantitative estimate of drug-likeness (QED) is 0.300. The van der Waals surface area contributed by atoms with Crippen LogP contribution in [0.25, 0.3) is 5.69 Å². The molecular weight excluding hydrogens is 466 g/mol. The van der Waals surface area contributed by atoms with Gasteiger partial charge in [0.25, 0.3) is 5.91 Å². The minimum absolute atomic E-state index is 0.0148. The molecule has 1 fully saturated rings. The van der Waals surface area contributed by atoms with Crippen LogP contribution in [0.4, 0.5) is 0 Å². The third-order valence-corrected chi connectivity index (χ3v) is 6.23. The average Bonchev–Trinajstić information content (AvgIpc) is 3.64. The van der Waals surface area contributed by atoms with Gasteiger partial charge in [0.1, 0.15) is 5.75 Å². The Hall–Kier alpha value is -3.55. The van der Waals surface area contributed by atoms with E-state index in [0.717, 1.165) is 29.8 Å². The van der Waals surface area contributed by atoms with Gasteiger partial charge in [-0.2, -0.15) is 5.10 Å². The van der Waals surface area contributed by atoms with E-state index in [1.807, 2.05) is 49.4 Å². The van der Waals surface area contributed by atoms with E-state index in [1.54, 1.807) is 33.8 Å². The predicted molar refractivity (Wildman–Crippen MR) is 132 cm³/mol. The summed E-state index contributed by atoms with van der Waals surface area (Å²) in [7, 11) is 0. The van der Waals surface area contributed by atoms with E-state index in [2.05, 4.69) is 0 Å². The van der Waals surface area contributed by atoms with Crippen molar-refractivity contribution in [2.24, 2.45) is 0 Å². The molecule has 2 aromatic carbocycles. The summed E-state index contributed by atoms with van der Waals surface area (Å²) >= 11 is 6.07. The van der Waals surface area contributed by atoms with Gasteiger partial charge in [-0.1, -0.05) is 29.8 Å². The molecule has 0 bridgehead atoms. The summed E-state index contributed by atoms with van der Waals surface area (Å²) in [5.74, 6) is 1.25. The summed E-state index contributed by atoms with van der Waals surface area (Å²) in [5, 5.41) is 5.40. The third kappa shape index (κ3) is 5.26. The second kappa shape index (κ2) is 10.4. The lowest BCUT2D eigenvalue weighted by Crippen LogP contribution is -2.37. The molecule has 1 atom stereocenters. The van der Waals surface area contributed by atoms with E-state index < -0.39 is 0 Å². The zero-order chi connectivity index (χ0) is 24.2. The van der Waals surface area contributed by atoms with Crippen LogP contribution in [-0.2, 0) is 11.3 Å². The fourth-order valence-electron chi connectivity index (χ4n) is 4.18. The van der Waals surface area contributed by atoms with Crippen LogP contribution in [0.15, 0.2) is 77.4 Å². The van der Waals surface area contributed by atoms with Crippen molar-refractivity contribution in [2.45, 2.75) is 32.4 Å². The SMILES string of the molecule is Cc1nn(-c2ccccc2)c(Oc2ccc(Cl)cc2)c1CN(C[C@H]1CCCO1)C(=O)c1ccco1. The van der Waals surface area contributed by atoms with Gasteiger partial charge in [-0.05, 0) is 68.3 Å². The van der Waals surface area contributed by atoms with Gasteiger partial charge in [-0.15, -0.1) is 0 Å². The van der Waals surface area contributed by atoms with Crippen LogP contribution >= 0.6 is 11.6 Å². The van der Waals surface area contributed by atoms with Crippen molar-refractivity contribution in [1.29, 1.82) is 0 Å². The van der Waals surface area contributed by atoms with E-state index in [1.165, 1.54) is 6.26 Å².